The van der Waals surface area contributed by atoms with Gasteiger partial charge in [0.1, 0.15) is 0 Å². The summed E-state index contributed by atoms with van der Waals surface area (Å²) in [7, 11) is -3.02. The van der Waals surface area contributed by atoms with Gasteiger partial charge in [-0.05, 0) is 24.3 Å². The highest BCUT2D eigenvalue weighted by Crippen LogP contribution is 2.31. The van der Waals surface area contributed by atoms with Crippen molar-refractivity contribution in [3.05, 3.63) is 57.4 Å². The van der Waals surface area contributed by atoms with E-state index in [9.17, 15) is 22.9 Å². The Kier molecular flexibility index (Phi) is 4.71. The number of hydrogen-bond acceptors (Lipinski definition) is 5. The van der Waals surface area contributed by atoms with Crippen LogP contribution in [-0.4, -0.2) is 20.5 Å². The number of rotatable bonds is 5. The van der Waals surface area contributed by atoms with Crippen molar-refractivity contribution in [2.24, 2.45) is 0 Å². The third-order valence-electron chi connectivity index (χ3n) is 2.85. The van der Waals surface area contributed by atoms with Crippen LogP contribution in [0.2, 0.25) is 5.02 Å². The molecule has 10 heteroatoms. The lowest BCUT2D eigenvalue weighted by atomic mass is 10.3. The van der Waals surface area contributed by atoms with Crippen molar-refractivity contribution in [1.82, 2.24) is 0 Å². The van der Waals surface area contributed by atoms with Crippen molar-refractivity contribution in [2.75, 3.05) is 11.8 Å². The van der Waals surface area contributed by atoms with Gasteiger partial charge in [0, 0.05) is 6.07 Å². The first-order valence-electron chi connectivity index (χ1n) is 6.05. The number of nitrogens with zero attached hydrogens (tertiary/aromatic N) is 1. The van der Waals surface area contributed by atoms with Gasteiger partial charge in [-0.15, -0.1) is 0 Å². The van der Waals surface area contributed by atoms with Gasteiger partial charge in [-0.3, -0.25) is 14.8 Å². The fourth-order valence-corrected chi connectivity index (χ4v) is 3.02. The van der Waals surface area contributed by atoms with E-state index in [0.717, 1.165) is 18.2 Å². The predicted octanol–water partition coefficient (Wildman–Crippen LogP) is 3.20. The number of ether oxygens (including phenoxy) is 1. The molecule has 2 aromatic rings. The Balaban J connectivity index is 2.46. The van der Waals surface area contributed by atoms with E-state index in [1.165, 1.54) is 25.3 Å². The van der Waals surface area contributed by atoms with Crippen LogP contribution in [0, 0.1) is 15.9 Å². The van der Waals surface area contributed by atoms with Crippen LogP contribution in [0.15, 0.2) is 41.3 Å². The van der Waals surface area contributed by atoms with Crippen molar-refractivity contribution in [2.45, 2.75) is 4.90 Å². The Hall–Kier alpha value is -2.39. The molecule has 23 heavy (non-hydrogen) atoms. The third kappa shape index (κ3) is 3.51. The number of nitro benzene ring substituents is 1. The van der Waals surface area contributed by atoms with Crippen LogP contribution in [0.5, 0.6) is 5.75 Å². The summed E-state index contributed by atoms with van der Waals surface area (Å²) < 4.78 is 45.1. The Labute approximate surface area is 135 Å². The van der Waals surface area contributed by atoms with Crippen molar-refractivity contribution < 1.29 is 22.5 Å². The van der Waals surface area contributed by atoms with Gasteiger partial charge in [-0.1, -0.05) is 17.7 Å². The molecule has 0 unspecified atom stereocenters. The first-order valence-corrected chi connectivity index (χ1v) is 7.91. The summed E-state index contributed by atoms with van der Waals surface area (Å²) in [5.41, 5.74) is -0.891. The van der Waals surface area contributed by atoms with Crippen LogP contribution in [0.25, 0.3) is 0 Å². The number of methoxy groups -OCH3 is 1. The molecule has 0 saturated heterocycles. The largest absolute Gasteiger partial charge is 0.490 e. The SMILES string of the molecule is COc1ccc(S(=O)(=O)Nc2cccc(Cl)c2F)cc1[N+](=O)[O-]. The molecule has 0 atom stereocenters. The second-order valence-electron chi connectivity index (χ2n) is 4.30. The molecule has 0 aliphatic carbocycles. The molecule has 2 aromatic carbocycles. The highest BCUT2D eigenvalue weighted by Gasteiger charge is 2.23. The average Bonchev–Trinajstić information content (AvgIpc) is 2.51. The minimum atomic E-state index is -4.24. The minimum absolute atomic E-state index is 0.0945. The zero-order valence-corrected chi connectivity index (χ0v) is 13.2. The molecule has 0 spiro atoms. The quantitative estimate of drug-likeness (QED) is 0.652. The van der Waals surface area contributed by atoms with Crippen LogP contribution < -0.4 is 9.46 Å². The standard InChI is InChI=1S/C13H10ClFN2O5S/c1-22-12-6-5-8(7-11(12)17(18)19)23(20,21)16-10-4-2-3-9(14)13(10)15/h2-7,16H,1H3. The Morgan fingerprint density at radius 3 is 2.61 bits per heavy atom. The third-order valence-corrected chi connectivity index (χ3v) is 4.51. The summed E-state index contributed by atoms with van der Waals surface area (Å²) in [6, 6.07) is 6.87. The van der Waals surface area contributed by atoms with Gasteiger partial charge < -0.3 is 4.74 Å². The normalized spacial score (nSPS) is 11.1. The minimum Gasteiger partial charge on any atom is -0.490 e. The smallest absolute Gasteiger partial charge is 0.312 e. The van der Waals surface area contributed by atoms with Crippen LogP contribution >= 0.6 is 11.6 Å². The highest BCUT2D eigenvalue weighted by molar-refractivity contribution is 7.92. The summed E-state index contributed by atoms with van der Waals surface area (Å²) >= 11 is 5.58. The number of nitro groups is 1. The summed E-state index contributed by atoms with van der Waals surface area (Å²) in [4.78, 5) is 9.76. The molecular formula is C13H10ClFN2O5S. The summed E-state index contributed by atoms with van der Waals surface area (Å²) in [5, 5.41) is 10.7. The molecule has 0 radical (unpaired) electrons. The second kappa shape index (κ2) is 6.39. The van der Waals surface area contributed by atoms with Crippen LogP contribution in [0.3, 0.4) is 0 Å². The van der Waals surface area contributed by atoms with Crippen LogP contribution in [-0.2, 0) is 10.0 Å². The van der Waals surface area contributed by atoms with Crippen molar-refractivity contribution in [3.8, 4) is 5.75 Å². The lowest BCUT2D eigenvalue weighted by Gasteiger charge is -2.10. The Bertz CT molecular complexity index is 873. The molecule has 0 amide bonds. The predicted molar refractivity (Wildman–Crippen MR) is 81.9 cm³/mol. The van der Waals surface area contributed by atoms with Gasteiger partial charge in [0.05, 0.1) is 27.6 Å². The highest BCUT2D eigenvalue weighted by atomic mass is 35.5. The molecule has 0 bridgehead atoms. The fraction of sp³-hybridized carbons (Fsp3) is 0.0769. The van der Waals surface area contributed by atoms with Gasteiger partial charge in [-0.2, -0.15) is 0 Å². The van der Waals surface area contributed by atoms with Gasteiger partial charge in [-0.25, -0.2) is 12.8 Å². The second-order valence-corrected chi connectivity index (χ2v) is 6.39. The summed E-state index contributed by atoms with van der Waals surface area (Å²) in [5.74, 6) is -1.04. The van der Waals surface area contributed by atoms with Gasteiger partial charge in [0.25, 0.3) is 10.0 Å². The average molecular weight is 361 g/mol. The molecule has 0 fully saturated rings. The van der Waals surface area contributed by atoms with E-state index in [1.54, 1.807) is 0 Å². The molecule has 0 aromatic heterocycles. The maximum absolute atomic E-state index is 13.8. The van der Waals surface area contributed by atoms with E-state index in [-0.39, 0.29) is 16.5 Å². The molecule has 7 nitrogen and oxygen atoms in total. The monoisotopic (exact) mass is 360 g/mol. The van der Waals surface area contributed by atoms with E-state index < -0.39 is 31.3 Å². The van der Waals surface area contributed by atoms with E-state index >= 15 is 0 Å². The molecule has 122 valence electrons. The lowest BCUT2D eigenvalue weighted by Crippen LogP contribution is -2.14. The molecule has 2 rings (SSSR count). The first kappa shape index (κ1) is 17.0. The topological polar surface area (TPSA) is 98.5 Å². The number of benzene rings is 2. The maximum Gasteiger partial charge on any atom is 0.312 e. The van der Waals surface area contributed by atoms with E-state index in [0.29, 0.717) is 0 Å². The number of halogens is 2. The molecule has 0 aliphatic rings. The molecule has 0 heterocycles. The Morgan fingerprint density at radius 2 is 2.00 bits per heavy atom. The molecule has 0 saturated carbocycles. The van der Waals surface area contributed by atoms with E-state index in [2.05, 4.69) is 0 Å². The van der Waals surface area contributed by atoms with E-state index in [1.807, 2.05) is 4.72 Å². The van der Waals surface area contributed by atoms with Gasteiger partial charge in [0.15, 0.2) is 11.6 Å². The number of sulfonamides is 1. The van der Waals surface area contributed by atoms with E-state index in [4.69, 9.17) is 16.3 Å². The zero-order chi connectivity index (χ0) is 17.2. The fourth-order valence-electron chi connectivity index (χ4n) is 1.77. The van der Waals surface area contributed by atoms with Crippen molar-refractivity contribution in [1.29, 1.82) is 0 Å². The van der Waals surface area contributed by atoms with Crippen molar-refractivity contribution >= 4 is 33.0 Å². The van der Waals surface area contributed by atoms with Crippen LogP contribution in [0.4, 0.5) is 15.8 Å². The number of nitrogens with one attached hydrogen (secondary N) is 1. The molecule has 0 aliphatic heterocycles. The van der Waals surface area contributed by atoms with Crippen molar-refractivity contribution in [3.63, 3.8) is 0 Å². The van der Waals surface area contributed by atoms with Gasteiger partial charge in [0.2, 0.25) is 0 Å². The maximum atomic E-state index is 13.8. The lowest BCUT2D eigenvalue weighted by molar-refractivity contribution is -0.386. The Morgan fingerprint density at radius 1 is 1.30 bits per heavy atom. The summed E-state index contributed by atoms with van der Waals surface area (Å²) in [6.45, 7) is 0. The number of hydrogen-bond donors (Lipinski definition) is 1. The summed E-state index contributed by atoms with van der Waals surface area (Å²) in [6.07, 6.45) is 0. The van der Waals surface area contributed by atoms with Gasteiger partial charge >= 0.3 is 5.69 Å². The first-order chi connectivity index (χ1) is 10.8. The van der Waals surface area contributed by atoms with Crippen LogP contribution in [0.1, 0.15) is 0 Å². The molecule has 1 N–H and O–H groups in total. The zero-order valence-electron chi connectivity index (χ0n) is 11.6. The molecular weight excluding hydrogens is 351 g/mol. The number of anilines is 1.